The van der Waals surface area contributed by atoms with Crippen LogP contribution in [0.15, 0.2) is 48.5 Å². The van der Waals surface area contributed by atoms with Gasteiger partial charge in [-0.3, -0.25) is 4.79 Å². The fourth-order valence-corrected chi connectivity index (χ4v) is 3.19. The molecular weight excluding hydrogens is 406 g/mol. The normalized spacial score (nSPS) is 10.3. The molecule has 0 unspecified atom stereocenters. The average molecular weight is 427 g/mol. The summed E-state index contributed by atoms with van der Waals surface area (Å²) >= 11 is 0.984. The molecule has 3 aromatic rings. The van der Waals surface area contributed by atoms with Crippen molar-refractivity contribution in [2.75, 3.05) is 27.4 Å². The quantitative estimate of drug-likeness (QED) is 0.413. The van der Waals surface area contributed by atoms with Crippen LogP contribution in [0.25, 0.3) is 11.3 Å². The van der Waals surface area contributed by atoms with E-state index in [-0.39, 0.29) is 12.5 Å². The van der Waals surface area contributed by atoms with Gasteiger partial charge in [-0.05, 0) is 66.5 Å². The average Bonchev–Trinajstić information content (AvgIpc) is 3.29. The molecule has 0 bridgehead atoms. The van der Waals surface area contributed by atoms with Gasteiger partial charge in [-0.1, -0.05) is 4.49 Å². The number of aromatic nitrogens is 2. The standard InChI is InChI=1S/C21H21N3O5S/c1-27-16-8-4-14(5-9-16)18-19(30-24-23-18)21(26)29-13-3-12-22-20(25)15-6-10-17(28-2)11-7-15/h4-11H,3,12-13H2,1-2H3,(H,22,25). The van der Waals surface area contributed by atoms with Crippen molar-refractivity contribution in [3.8, 4) is 22.8 Å². The molecule has 0 aliphatic carbocycles. The summed E-state index contributed by atoms with van der Waals surface area (Å²) < 4.78 is 19.4. The van der Waals surface area contributed by atoms with Crippen molar-refractivity contribution in [3.63, 3.8) is 0 Å². The molecule has 0 spiro atoms. The second-order valence-electron chi connectivity index (χ2n) is 6.15. The Labute approximate surface area is 178 Å². The molecule has 3 rings (SSSR count). The highest BCUT2D eigenvalue weighted by molar-refractivity contribution is 7.08. The largest absolute Gasteiger partial charge is 0.497 e. The zero-order valence-electron chi connectivity index (χ0n) is 16.6. The number of rotatable bonds is 9. The predicted octanol–water partition coefficient (Wildman–Crippen LogP) is 3.20. The zero-order chi connectivity index (χ0) is 21.3. The molecule has 0 radical (unpaired) electrons. The molecule has 0 saturated heterocycles. The van der Waals surface area contributed by atoms with E-state index in [2.05, 4.69) is 14.9 Å². The lowest BCUT2D eigenvalue weighted by molar-refractivity contribution is 0.0507. The van der Waals surface area contributed by atoms with E-state index in [9.17, 15) is 9.59 Å². The van der Waals surface area contributed by atoms with Crippen molar-refractivity contribution in [3.05, 3.63) is 59.0 Å². The van der Waals surface area contributed by atoms with Crippen molar-refractivity contribution in [2.24, 2.45) is 0 Å². The van der Waals surface area contributed by atoms with Crippen LogP contribution in [0.4, 0.5) is 0 Å². The second-order valence-corrected chi connectivity index (χ2v) is 6.91. The van der Waals surface area contributed by atoms with E-state index >= 15 is 0 Å². The van der Waals surface area contributed by atoms with E-state index in [1.807, 2.05) is 0 Å². The Morgan fingerprint density at radius 2 is 1.60 bits per heavy atom. The molecule has 30 heavy (non-hydrogen) atoms. The number of hydrogen-bond donors (Lipinski definition) is 1. The first-order valence-corrected chi connectivity index (χ1v) is 9.96. The molecule has 0 atom stereocenters. The molecule has 1 heterocycles. The van der Waals surface area contributed by atoms with Crippen molar-refractivity contribution >= 4 is 23.4 Å². The summed E-state index contributed by atoms with van der Waals surface area (Å²) in [7, 11) is 3.15. The van der Waals surface area contributed by atoms with Crippen LogP contribution in [0.3, 0.4) is 0 Å². The Balaban J connectivity index is 1.46. The van der Waals surface area contributed by atoms with E-state index in [1.54, 1.807) is 62.8 Å². The van der Waals surface area contributed by atoms with Crippen molar-refractivity contribution in [1.29, 1.82) is 0 Å². The minimum absolute atomic E-state index is 0.168. The van der Waals surface area contributed by atoms with E-state index in [0.717, 1.165) is 17.1 Å². The maximum absolute atomic E-state index is 12.4. The molecule has 0 saturated carbocycles. The van der Waals surface area contributed by atoms with Gasteiger partial charge in [-0.15, -0.1) is 5.10 Å². The molecule has 8 nitrogen and oxygen atoms in total. The molecule has 1 N–H and O–H groups in total. The van der Waals surface area contributed by atoms with Gasteiger partial charge in [0.2, 0.25) is 0 Å². The monoisotopic (exact) mass is 427 g/mol. The van der Waals surface area contributed by atoms with Crippen LogP contribution in [0.1, 0.15) is 26.5 Å². The third-order valence-electron chi connectivity index (χ3n) is 4.23. The lowest BCUT2D eigenvalue weighted by Gasteiger charge is -2.07. The maximum Gasteiger partial charge on any atom is 0.352 e. The van der Waals surface area contributed by atoms with E-state index in [1.165, 1.54) is 0 Å². The van der Waals surface area contributed by atoms with E-state index in [4.69, 9.17) is 14.2 Å². The lowest BCUT2D eigenvalue weighted by atomic mass is 10.1. The first-order chi connectivity index (χ1) is 14.6. The molecule has 1 amide bonds. The smallest absolute Gasteiger partial charge is 0.352 e. The SMILES string of the molecule is COc1ccc(C(=O)NCCCOC(=O)c2snnc2-c2ccc(OC)cc2)cc1. The lowest BCUT2D eigenvalue weighted by Crippen LogP contribution is -2.25. The number of benzene rings is 2. The highest BCUT2D eigenvalue weighted by Crippen LogP contribution is 2.26. The summed E-state index contributed by atoms with van der Waals surface area (Å²) in [6.07, 6.45) is 0.484. The number of nitrogens with one attached hydrogen (secondary N) is 1. The summed E-state index contributed by atoms with van der Waals surface area (Å²) in [4.78, 5) is 24.8. The van der Waals surface area contributed by atoms with Gasteiger partial charge in [0.15, 0.2) is 4.88 Å². The highest BCUT2D eigenvalue weighted by atomic mass is 32.1. The number of carbonyl (C=O) groups excluding carboxylic acids is 2. The molecule has 0 aliphatic heterocycles. The number of ether oxygens (including phenoxy) is 3. The molecule has 0 aliphatic rings. The van der Waals surface area contributed by atoms with Gasteiger partial charge in [0.05, 0.1) is 20.8 Å². The van der Waals surface area contributed by atoms with Gasteiger partial charge in [-0.25, -0.2) is 4.79 Å². The Morgan fingerprint density at radius 1 is 0.967 bits per heavy atom. The van der Waals surface area contributed by atoms with Gasteiger partial charge in [0.1, 0.15) is 17.2 Å². The first-order valence-electron chi connectivity index (χ1n) is 9.18. The summed E-state index contributed by atoms with van der Waals surface area (Å²) in [5.41, 5.74) is 1.76. The minimum atomic E-state index is -0.489. The van der Waals surface area contributed by atoms with Gasteiger partial charge >= 0.3 is 5.97 Å². The fraction of sp³-hybridized carbons (Fsp3) is 0.238. The number of esters is 1. The maximum atomic E-state index is 12.4. The Morgan fingerprint density at radius 3 is 2.23 bits per heavy atom. The zero-order valence-corrected chi connectivity index (χ0v) is 17.4. The van der Waals surface area contributed by atoms with Crippen molar-refractivity contribution in [1.82, 2.24) is 14.9 Å². The van der Waals surface area contributed by atoms with Gasteiger partial charge in [0.25, 0.3) is 5.91 Å². The van der Waals surface area contributed by atoms with E-state index < -0.39 is 5.97 Å². The van der Waals surface area contributed by atoms with Crippen LogP contribution in [-0.2, 0) is 4.74 Å². The first kappa shape index (κ1) is 21.3. The van der Waals surface area contributed by atoms with Gasteiger partial charge in [0, 0.05) is 17.7 Å². The number of nitrogens with zero attached hydrogens (tertiary/aromatic N) is 2. The Kier molecular flexibility index (Phi) is 7.34. The number of hydrogen-bond acceptors (Lipinski definition) is 8. The van der Waals surface area contributed by atoms with E-state index in [0.29, 0.717) is 40.6 Å². The Hall–Kier alpha value is -3.46. The van der Waals surface area contributed by atoms with Crippen LogP contribution < -0.4 is 14.8 Å². The van der Waals surface area contributed by atoms with Gasteiger partial charge in [-0.2, -0.15) is 0 Å². The second kappa shape index (κ2) is 10.4. The summed E-state index contributed by atoms with van der Waals surface area (Å²) in [6, 6.07) is 14.0. The van der Waals surface area contributed by atoms with Gasteiger partial charge < -0.3 is 19.5 Å². The van der Waals surface area contributed by atoms with Crippen LogP contribution in [0, 0.1) is 0 Å². The third kappa shape index (κ3) is 5.32. The summed E-state index contributed by atoms with van der Waals surface area (Å²) in [6.45, 7) is 0.548. The molecule has 9 heteroatoms. The minimum Gasteiger partial charge on any atom is -0.497 e. The predicted molar refractivity (Wildman–Crippen MR) is 112 cm³/mol. The molecule has 0 fully saturated rings. The third-order valence-corrected chi connectivity index (χ3v) is 4.93. The van der Waals surface area contributed by atoms with Crippen molar-refractivity contribution in [2.45, 2.75) is 6.42 Å². The molecule has 2 aromatic carbocycles. The van der Waals surface area contributed by atoms with Crippen molar-refractivity contribution < 1.29 is 23.8 Å². The summed E-state index contributed by atoms with van der Waals surface area (Å²) in [5, 5.41) is 6.83. The number of amides is 1. The number of carbonyl (C=O) groups is 2. The molecular formula is C21H21N3O5S. The van der Waals surface area contributed by atoms with Crippen LogP contribution in [-0.4, -0.2) is 48.8 Å². The number of methoxy groups -OCH3 is 2. The summed E-state index contributed by atoms with van der Waals surface area (Å²) in [5.74, 6) is 0.711. The van der Waals surface area contributed by atoms with Crippen LogP contribution >= 0.6 is 11.5 Å². The van der Waals surface area contributed by atoms with Crippen LogP contribution in [0.2, 0.25) is 0 Å². The molecule has 1 aromatic heterocycles. The van der Waals surface area contributed by atoms with Crippen LogP contribution in [0.5, 0.6) is 11.5 Å². The highest BCUT2D eigenvalue weighted by Gasteiger charge is 2.19. The Bertz CT molecular complexity index is 987. The molecule has 156 valence electrons. The fourth-order valence-electron chi connectivity index (χ4n) is 2.61. The topological polar surface area (TPSA) is 99.6 Å².